The molecule has 0 saturated carbocycles. The number of likely N-dealkylation sites (tertiary alicyclic amines) is 1. The summed E-state index contributed by atoms with van der Waals surface area (Å²) in [5.74, 6) is -2.65. The fourth-order valence-electron chi connectivity index (χ4n) is 4.48. The molecule has 0 spiro atoms. The summed E-state index contributed by atoms with van der Waals surface area (Å²) in [6.45, 7) is 2.85. The van der Waals surface area contributed by atoms with Gasteiger partial charge in [0.1, 0.15) is 17.1 Å². The first kappa shape index (κ1) is 27.9. The molecule has 0 radical (unpaired) electrons. The number of fused-ring (bicyclic) bond motifs is 2. The number of ether oxygens (including phenoxy) is 1. The van der Waals surface area contributed by atoms with E-state index in [4.69, 9.17) is 29.0 Å². The average Bonchev–Trinajstić information content (AvgIpc) is 3.34. The summed E-state index contributed by atoms with van der Waals surface area (Å²) >= 11 is 0. The molecular weight excluding hydrogens is 511 g/mol. The lowest BCUT2D eigenvalue weighted by atomic mass is 10.0. The molecule has 0 bridgehead atoms. The SMILES string of the molecule is COc1ccc2nccc([C@@H](O)CN3CCC(NCc4nc5cc(F)ccc5o4)CC3)c2c1.O=C(O)C(=O)O. The Kier molecular flexibility index (Phi) is 9.02. The molecule has 5 rings (SSSR count). The topological polar surface area (TPSA) is 158 Å². The van der Waals surface area contributed by atoms with E-state index in [1.165, 1.54) is 12.1 Å². The number of benzene rings is 2. The van der Waals surface area contributed by atoms with Crippen LogP contribution in [0.4, 0.5) is 4.39 Å². The van der Waals surface area contributed by atoms with E-state index in [0.29, 0.717) is 36.1 Å². The predicted molar refractivity (Wildman–Crippen MR) is 139 cm³/mol. The first-order chi connectivity index (χ1) is 18.7. The fourth-order valence-corrected chi connectivity index (χ4v) is 4.48. The van der Waals surface area contributed by atoms with Crippen LogP contribution in [0.15, 0.2) is 53.1 Å². The van der Waals surface area contributed by atoms with Gasteiger partial charge in [0, 0.05) is 30.2 Å². The molecule has 1 saturated heterocycles. The van der Waals surface area contributed by atoms with Gasteiger partial charge in [-0.05, 0) is 67.9 Å². The standard InChI is InChI=1S/C25H27FN4O3.C2H2O4/c1-32-18-3-4-21-20(13-18)19(6-9-27-21)23(31)15-30-10-7-17(8-11-30)28-14-25-29-22-12-16(26)2-5-24(22)33-25;3-1(4)2(5)6/h2-6,9,12-13,17,23,28,31H,7-8,10-11,14-15H2,1H3;(H,3,4)(H,5,6)/t23-;/m0./s1. The molecule has 3 heterocycles. The second-order valence-electron chi connectivity index (χ2n) is 9.08. The van der Waals surface area contributed by atoms with Crippen molar-refractivity contribution in [1.29, 1.82) is 0 Å². The molecule has 4 aromatic rings. The van der Waals surface area contributed by atoms with Gasteiger partial charge in [-0.1, -0.05) is 0 Å². The summed E-state index contributed by atoms with van der Waals surface area (Å²) in [6, 6.07) is 12.3. The molecular formula is C27H29FN4O7. The zero-order chi connectivity index (χ0) is 27.9. The monoisotopic (exact) mass is 540 g/mol. The van der Waals surface area contributed by atoms with Crippen LogP contribution in [0.3, 0.4) is 0 Å². The van der Waals surface area contributed by atoms with Gasteiger partial charge in [-0.15, -0.1) is 0 Å². The number of hydrogen-bond acceptors (Lipinski definition) is 9. The molecule has 0 unspecified atom stereocenters. The summed E-state index contributed by atoms with van der Waals surface area (Å²) in [6.07, 6.45) is 3.07. The van der Waals surface area contributed by atoms with Crippen molar-refractivity contribution in [3.63, 3.8) is 0 Å². The number of aromatic nitrogens is 2. The first-order valence-electron chi connectivity index (χ1n) is 12.3. The van der Waals surface area contributed by atoms with Crippen LogP contribution >= 0.6 is 0 Å². The van der Waals surface area contributed by atoms with Crippen molar-refractivity contribution in [1.82, 2.24) is 20.2 Å². The third-order valence-corrected chi connectivity index (χ3v) is 6.48. The van der Waals surface area contributed by atoms with E-state index >= 15 is 0 Å². The van der Waals surface area contributed by atoms with Crippen molar-refractivity contribution in [2.24, 2.45) is 0 Å². The van der Waals surface area contributed by atoms with E-state index in [2.05, 4.69) is 20.2 Å². The molecule has 1 aliphatic rings. The Labute approximate surface area is 222 Å². The Hall–Kier alpha value is -4.13. The fraction of sp³-hybridized carbons (Fsp3) is 0.333. The number of aliphatic hydroxyl groups is 1. The van der Waals surface area contributed by atoms with Crippen LogP contribution in [-0.2, 0) is 16.1 Å². The average molecular weight is 541 g/mol. The molecule has 2 aromatic heterocycles. The van der Waals surface area contributed by atoms with Crippen LogP contribution in [0.1, 0.15) is 30.4 Å². The lowest BCUT2D eigenvalue weighted by Crippen LogP contribution is -2.43. The molecule has 1 atom stereocenters. The minimum atomic E-state index is -1.82. The number of rotatable bonds is 7. The Morgan fingerprint density at radius 2 is 1.87 bits per heavy atom. The molecule has 0 amide bonds. The second kappa shape index (κ2) is 12.6. The molecule has 39 heavy (non-hydrogen) atoms. The smallest absolute Gasteiger partial charge is 0.414 e. The first-order valence-corrected chi connectivity index (χ1v) is 12.3. The molecule has 2 aromatic carbocycles. The number of piperidine rings is 1. The number of methoxy groups -OCH3 is 1. The lowest BCUT2D eigenvalue weighted by molar-refractivity contribution is -0.159. The van der Waals surface area contributed by atoms with Crippen LogP contribution in [0.5, 0.6) is 5.75 Å². The number of hydrogen-bond donors (Lipinski definition) is 4. The number of carbonyl (C=O) groups is 2. The maximum absolute atomic E-state index is 13.3. The highest BCUT2D eigenvalue weighted by molar-refractivity contribution is 6.27. The van der Waals surface area contributed by atoms with Crippen molar-refractivity contribution in [2.45, 2.75) is 31.5 Å². The Balaban J connectivity index is 0.000000531. The number of oxazole rings is 1. The third-order valence-electron chi connectivity index (χ3n) is 6.48. The maximum atomic E-state index is 13.3. The van der Waals surface area contributed by atoms with Crippen molar-refractivity contribution >= 4 is 33.9 Å². The van der Waals surface area contributed by atoms with Gasteiger partial charge in [0.2, 0.25) is 5.89 Å². The molecule has 12 heteroatoms. The van der Waals surface area contributed by atoms with Crippen LogP contribution in [0, 0.1) is 5.82 Å². The van der Waals surface area contributed by atoms with Crippen LogP contribution in [-0.4, -0.2) is 74.9 Å². The number of nitrogens with one attached hydrogen (secondary N) is 1. The van der Waals surface area contributed by atoms with Crippen LogP contribution in [0.25, 0.3) is 22.0 Å². The van der Waals surface area contributed by atoms with Gasteiger partial charge < -0.3 is 34.7 Å². The maximum Gasteiger partial charge on any atom is 0.414 e. The highest BCUT2D eigenvalue weighted by Crippen LogP contribution is 2.28. The van der Waals surface area contributed by atoms with E-state index in [9.17, 15) is 9.50 Å². The molecule has 4 N–H and O–H groups in total. The number of carboxylic acids is 2. The largest absolute Gasteiger partial charge is 0.497 e. The third kappa shape index (κ3) is 7.25. The van der Waals surface area contributed by atoms with Crippen molar-refractivity contribution in [2.75, 3.05) is 26.7 Å². The number of β-amino-alcohol motifs (C(OH)–C–C–N with tert-alkyl or cyclic N) is 1. The second-order valence-corrected chi connectivity index (χ2v) is 9.08. The highest BCUT2D eigenvalue weighted by Gasteiger charge is 2.23. The van der Waals surface area contributed by atoms with Crippen molar-refractivity contribution < 1.29 is 38.5 Å². The highest BCUT2D eigenvalue weighted by atomic mass is 19.1. The predicted octanol–water partition coefficient (Wildman–Crippen LogP) is 2.97. The van der Waals surface area contributed by atoms with Gasteiger partial charge in [-0.2, -0.15) is 0 Å². The number of nitrogens with zero attached hydrogens (tertiary/aromatic N) is 3. The number of aliphatic carboxylic acids is 2. The van der Waals surface area contributed by atoms with Gasteiger partial charge in [0.25, 0.3) is 0 Å². The van der Waals surface area contributed by atoms with Crippen LogP contribution < -0.4 is 10.1 Å². The van der Waals surface area contributed by atoms with E-state index in [-0.39, 0.29) is 5.82 Å². The number of pyridine rings is 1. The lowest BCUT2D eigenvalue weighted by Gasteiger charge is -2.33. The van der Waals surface area contributed by atoms with E-state index in [0.717, 1.165) is 48.1 Å². The molecule has 0 aliphatic carbocycles. The van der Waals surface area contributed by atoms with Gasteiger partial charge in [-0.3, -0.25) is 4.98 Å². The normalized spacial score (nSPS) is 15.1. The van der Waals surface area contributed by atoms with Crippen molar-refractivity contribution in [3.05, 3.63) is 65.9 Å². The van der Waals surface area contributed by atoms with E-state index < -0.39 is 18.0 Å². The summed E-state index contributed by atoms with van der Waals surface area (Å²) in [7, 11) is 1.63. The van der Waals surface area contributed by atoms with Crippen molar-refractivity contribution in [3.8, 4) is 5.75 Å². The quantitative estimate of drug-likeness (QED) is 0.255. The Morgan fingerprint density at radius 3 is 2.56 bits per heavy atom. The zero-order valence-electron chi connectivity index (χ0n) is 21.2. The summed E-state index contributed by atoms with van der Waals surface area (Å²) in [4.78, 5) is 29.2. The summed E-state index contributed by atoms with van der Waals surface area (Å²) < 4.78 is 24.4. The minimum absolute atomic E-state index is 0.316. The van der Waals surface area contributed by atoms with E-state index in [1.807, 2.05) is 24.3 Å². The zero-order valence-corrected chi connectivity index (χ0v) is 21.2. The summed E-state index contributed by atoms with van der Waals surface area (Å²) in [5, 5.41) is 30.2. The Bertz CT molecular complexity index is 1440. The number of carboxylic acid groups (broad SMARTS) is 2. The Morgan fingerprint density at radius 1 is 1.13 bits per heavy atom. The van der Waals surface area contributed by atoms with E-state index in [1.54, 1.807) is 19.4 Å². The minimum Gasteiger partial charge on any atom is -0.497 e. The summed E-state index contributed by atoms with van der Waals surface area (Å²) in [5.41, 5.74) is 2.85. The number of halogens is 1. The van der Waals surface area contributed by atoms with Gasteiger partial charge in [0.05, 0.1) is 25.3 Å². The van der Waals surface area contributed by atoms with Crippen LogP contribution in [0.2, 0.25) is 0 Å². The van der Waals surface area contributed by atoms with Gasteiger partial charge >= 0.3 is 11.9 Å². The molecule has 1 fully saturated rings. The number of aliphatic hydroxyl groups excluding tert-OH is 1. The van der Waals surface area contributed by atoms with Gasteiger partial charge in [-0.25, -0.2) is 19.0 Å². The molecule has 1 aliphatic heterocycles. The molecule has 206 valence electrons. The molecule has 11 nitrogen and oxygen atoms in total. The van der Waals surface area contributed by atoms with Gasteiger partial charge in [0.15, 0.2) is 5.58 Å².